The van der Waals surface area contributed by atoms with E-state index in [9.17, 15) is 8.42 Å². The van der Waals surface area contributed by atoms with Crippen LogP contribution in [0.15, 0.2) is 5.03 Å². The van der Waals surface area contributed by atoms with E-state index < -0.39 is 10.0 Å². The highest BCUT2D eigenvalue weighted by Crippen LogP contribution is 2.33. The molecule has 108 valence electrons. The molecule has 1 heterocycles. The van der Waals surface area contributed by atoms with E-state index in [-0.39, 0.29) is 16.9 Å². The van der Waals surface area contributed by atoms with Gasteiger partial charge >= 0.3 is 0 Å². The lowest BCUT2D eigenvalue weighted by atomic mass is 10.3. The summed E-state index contributed by atoms with van der Waals surface area (Å²) in [6.07, 6.45) is 3.74. The summed E-state index contributed by atoms with van der Waals surface area (Å²) in [5, 5.41) is 6.78. The van der Waals surface area contributed by atoms with Gasteiger partial charge < -0.3 is 0 Å². The quantitative estimate of drug-likeness (QED) is 0.787. The molecule has 2 rings (SSSR count). The zero-order valence-electron chi connectivity index (χ0n) is 11.3. The highest BCUT2D eigenvalue weighted by atomic mass is 35.5. The van der Waals surface area contributed by atoms with Gasteiger partial charge in [-0.25, -0.2) is 8.42 Å². The number of rotatable bonds is 7. The van der Waals surface area contributed by atoms with Gasteiger partial charge in [-0.15, -0.1) is 11.6 Å². The fraction of sp³-hybridized carbons (Fsp3) is 0.750. The number of aromatic nitrogens is 2. The van der Waals surface area contributed by atoms with Crippen molar-refractivity contribution in [3.63, 3.8) is 0 Å². The zero-order chi connectivity index (χ0) is 14.0. The molecule has 0 bridgehead atoms. The second-order valence-electron chi connectivity index (χ2n) is 4.97. The van der Waals surface area contributed by atoms with Gasteiger partial charge in [0.2, 0.25) is 0 Å². The van der Waals surface area contributed by atoms with Crippen LogP contribution in [0.3, 0.4) is 0 Å². The van der Waals surface area contributed by atoms with Crippen LogP contribution in [0.25, 0.3) is 0 Å². The summed E-state index contributed by atoms with van der Waals surface area (Å²) in [6.45, 7) is 4.41. The Morgan fingerprint density at radius 1 is 1.47 bits per heavy atom. The smallest absolute Gasteiger partial charge is 0.262 e. The molecule has 0 unspecified atom stereocenters. The van der Waals surface area contributed by atoms with Crippen LogP contribution in [0.1, 0.15) is 43.9 Å². The molecule has 1 aliphatic carbocycles. The molecule has 0 radical (unpaired) electrons. The molecule has 0 spiro atoms. The molecule has 1 fully saturated rings. The van der Waals surface area contributed by atoms with Crippen molar-refractivity contribution in [1.82, 2.24) is 14.5 Å². The Morgan fingerprint density at radius 2 is 2.16 bits per heavy atom. The summed E-state index contributed by atoms with van der Waals surface area (Å²) in [4.78, 5) is 0. The van der Waals surface area contributed by atoms with Gasteiger partial charge in [0.15, 0.2) is 5.03 Å². The Morgan fingerprint density at radius 3 is 2.68 bits per heavy atom. The lowest BCUT2D eigenvalue weighted by molar-refractivity contribution is 0.393. The molecule has 5 nitrogen and oxygen atoms in total. The number of aryl methyl sites for hydroxylation is 1. The summed E-state index contributed by atoms with van der Waals surface area (Å²) in [6, 6.07) is 0.150. The van der Waals surface area contributed by atoms with Gasteiger partial charge in [0, 0.05) is 23.8 Å². The molecule has 0 atom stereocenters. The van der Waals surface area contributed by atoms with Crippen molar-refractivity contribution in [2.45, 2.75) is 56.5 Å². The second-order valence-corrected chi connectivity index (χ2v) is 7.04. The zero-order valence-corrected chi connectivity index (χ0v) is 12.9. The summed E-state index contributed by atoms with van der Waals surface area (Å²) in [5.41, 5.74) is 1.31. The van der Waals surface area contributed by atoms with E-state index in [4.69, 9.17) is 11.6 Å². The van der Waals surface area contributed by atoms with Gasteiger partial charge in [0.25, 0.3) is 10.0 Å². The minimum absolute atomic E-state index is 0.100. The number of nitrogens with one attached hydrogen (secondary N) is 1. The minimum Gasteiger partial charge on any atom is -0.281 e. The first-order valence-corrected chi connectivity index (χ1v) is 8.61. The maximum absolute atomic E-state index is 12.7. The van der Waals surface area contributed by atoms with Crippen LogP contribution in [0, 0.1) is 6.92 Å². The third kappa shape index (κ3) is 2.95. The number of unbranched alkanes of at least 4 members (excludes halogenated alkanes) is 1. The van der Waals surface area contributed by atoms with E-state index in [1.807, 2.05) is 0 Å². The van der Waals surface area contributed by atoms with E-state index in [2.05, 4.69) is 17.1 Å². The Balaban J connectivity index is 2.33. The van der Waals surface area contributed by atoms with Crippen molar-refractivity contribution in [2.24, 2.45) is 0 Å². The van der Waals surface area contributed by atoms with Crippen LogP contribution >= 0.6 is 11.6 Å². The van der Waals surface area contributed by atoms with Crippen LogP contribution in [-0.4, -0.2) is 35.5 Å². The molecule has 1 aromatic heterocycles. The van der Waals surface area contributed by atoms with Gasteiger partial charge in [-0.2, -0.15) is 9.40 Å². The van der Waals surface area contributed by atoms with Gasteiger partial charge in [-0.1, -0.05) is 13.3 Å². The van der Waals surface area contributed by atoms with Crippen molar-refractivity contribution in [3.8, 4) is 0 Å². The summed E-state index contributed by atoms with van der Waals surface area (Å²) < 4.78 is 27.0. The lowest BCUT2D eigenvalue weighted by Gasteiger charge is -2.20. The molecular formula is C12H20ClN3O2S. The Labute approximate surface area is 119 Å². The number of nitrogens with zero attached hydrogens (tertiary/aromatic N) is 2. The first-order chi connectivity index (χ1) is 9.02. The standard InChI is InChI=1S/C12H20ClN3O2S/c1-3-4-7-16(10-5-6-10)19(17,18)12-11(8-13)9(2)14-15-12/h10H,3-8H2,1-2H3,(H,14,15). The number of aromatic amines is 1. The normalized spacial score (nSPS) is 16.2. The first kappa shape index (κ1) is 14.8. The molecule has 19 heavy (non-hydrogen) atoms. The number of sulfonamides is 1. The Bertz CT molecular complexity index is 537. The van der Waals surface area contributed by atoms with Crippen LogP contribution in [-0.2, 0) is 15.9 Å². The third-order valence-corrected chi connectivity index (χ3v) is 5.60. The molecule has 1 aliphatic rings. The van der Waals surface area contributed by atoms with Crippen molar-refractivity contribution in [3.05, 3.63) is 11.3 Å². The van der Waals surface area contributed by atoms with E-state index >= 15 is 0 Å². The predicted octanol–water partition coefficient (Wildman–Crippen LogP) is 2.41. The van der Waals surface area contributed by atoms with Crippen molar-refractivity contribution < 1.29 is 8.42 Å². The van der Waals surface area contributed by atoms with Gasteiger partial charge in [-0.05, 0) is 26.2 Å². The Kier molecular flexibility index (Phi) is 4.53. The molecule has 7 heteroatoms. The fourth-order valence-corrected chi connectivity index (χ4v) is 4.39. The molecule has 1 N–H and O–H groups in total. The number of halogens is 1. The number of H-pyrrole nitrogens is 1. The molecule has 1 saturated carbocycles. The predicted molar refractivity (Wildman–Crippen MR) is 74.7 cm³/mol. The average molecular weight is 306 g/mol. The van der Waals surface area contributed by atoms with E-state index in [1.165, 1.54) is 0 Å². The summed E-state index contributed by atoms with van der Waals surface area (Å²) in [7, 11) is -3.53. The maximum atomic E-state index is 12.7. The second kappa shape index (κ2) is 5.81. The summed E-state index contributed by atoms with van der Waals surface area (Å²) >= 11 is 5.85. The van der Waals surface area contributed by atoms with E-state index in [0.29, 0.717) is 12.1 Å². The largest absolute Gasteiger partial charge is 0.281 e. The van der Waals surface area contributed by atoms with Gasteiger partial charge in [0.05, 0.1) is 5.88 Å². The van der Waals surface area contributed by atoms with Crippen molar-refractivity contribution in [1.29, 1.82) is 0 Å². The number of hydrogen-bond acceptors (Lipinski definition) is 3. The number of hydrogen-bond donors (Lipinski definition) is 1. The average Bonchev–Trinajstić information content (AvgIpc) is 3.11. The highest BCUT2D eigenvalue weighted by Gasteiger charge is 2.39. The van der Waals surface area contributed by atoms with E-state index in [0.717, 1.165) is 31.4 Å². The Hall–Kier alpha value is -0.590. The van der Waals surface area contributed by atoms with Crippen molar-refractivity contribution in [2.75, 3.05) is 6.54 Å². The van der Waals surface area contributed by atoms with Gasteiger partial charge in [0.1, 0.15) is 0 Å². The fourth-order valence-electron chi connectivity index (χ4n) is 2.09. The molecule has 0 amide bonds. The molecule has 0 saturated heterocycles. The topological polar surface area (TPSA) is 66.1 Å². The minimum atomic E-state index is -3.53. The van der Waals surface area contributed by atoms with Crippen LogP contribution in [0.4, 0.5) is 0 Å². The van der Waals surface area contributed by atoms with Crippen LogP contribution < -0.4 is 0 Å². The molecule has 1 aromatic rings. The highest BCUT2D eigenvalue weighted by molar-refractivity contribution is 7.89. The first-order valence-electron chi connectivity index (χ1n) is 6.64. The lowest BCUT2D eigenvalue weighted by Crippen LogP contribution is -2.34. The van der Waals surface area contributed by atoms with Gasteiger partial charge in [-0.3, -0.25) is 5.10 Å². The third-order valence-electron chi connectivity index (χ3n) is 3.41. The van der Waals surface area contributed by atoms with Crippen molar-refractivity contribution >= 4 is 21.6 Å². The molecular weight excluding hydrogens is 286 g/mol. The maximum Gasteiger partial charge on any atom is 0.262 e. The van der Waals surface area contributed by atoms with Crippen LogP contribution in [0.5, 0.6) is 0 Å². The SMILES string of the molecule is CCCCN(C1CC1)S(=O)(=O)c1n[nH]c(C)c1CCl. The molecule has 0 aromatic carbocycles. The monoisotopic (exact) mass is 305 g/mol. The van der Waals surface area contributed by atoms with Crippen LogP contribution in [0.2, 0.25) is 0 Å². The summed E-state index contributed by atoms with van der Waals surface area (Å²) in [5.74, 6) is 0.156. The number of alkyl halides is 1. The molecule has 0 aliphatic heterocycles. The van der Waals surface area contributed by atoms with E-state index in [1.54, 1.807) is 11.2 Å².